The number of amides is 1. The minimum Gasteiger partial charge on any atom is -0.368 e. The zero-order valence-corrected chi connectivity index (χ0v) is 14.9. The van der Waals surface area contributed by atoms with Crippen LogP contribution in [0.15, 0.2) is 66.7 Å². The summed E-state index contributed by atoms with van der Waals surface area (Å²) in [6.07, 6.45) is 1.61. The van der Waals surface area contributed by atoms with Crippen LogP contribution in [0, 0.1) is 5.82 Å². The van der Waals surface area contributed by atoms with E-state index in [0.717, 1.165) is 5.56 Å². The predicted molar refractivity (Wildman–Crippen MR) is 104 cm³/mol. The monoisotopic (exact) mass is 364 g/mol. The highest BCUT2D eigenvalue weighted by Crippen LogP contribution is 2.10. The molecule has 0 atom stereocenters. The van der Waals surface area contributed by atoms with E-state index < -0.39 is 0 Å². The molecule has 3 aromatic rings. The van der Waals surface area contributed by atoms with Gasteiger partial charge in [-0.2, -0.15) is 0 Å². The smallest absolute Gasteiger partial charge is 0.225 e. The Kier molecular flexibility index (Phi) is 6.46. The number of aryl methyl sites for hydroxylation is 1. The molecule has 0 aliphatic heterocycles. The number of carbonyl (C=O) groups excluding carboxylic acids is 1. The van der Waals surface area contributed by atoms with E-state index in [9.17, 15) is 9.18 Å². The zero-order chi connectivity index (χ0) is 18.9. The highest BCUT2D eigenvalue weighted by Gasteiger charge is 2.05. The van der Waals surface area contributed by atoms with Gasteiger partial charge in [-0.25, -0.2) is 4.39 Å². The van der Waals surface area contributed by atoms with Crippen molar-refractivity contribution in [1.29, 1.82) is 0 Å². The average molecular weight is 364 g/mol. The van der Waals surface area contributed by atoms with Gasteiger partial charge >= 0.3 is 0 Å². The minimum absolute atomic E-state index is 0.103. The molecule has 2 N–H and O–H groups in total. The summed E-state index contributed by atoms with van der Waals surface area (Å²) in [4.78, 5) is 12.0. The van der Waals surface area contributed by atoms with Gasteiger partial charge in [0.25, 0.3) is 0 Å². The number of nitrogens with zero attached hydrogens (tertiary/aromatic N) is 2. The Morgan fingerprint density at radius 3 is 2.30 bits per heavy atom. The topological polar surface area (TPSA) is 66.9 Å². The third kappa shape index (κ3) is 5.88. The van der Waals surface area contributed by atoms with Crippen LogP contribution in [0.5, 0.6) is 0 Å². The quantitative estimate of drug-likeness (QED) is 0.637. The zero-order valence-electron chi connectivity index (χ0n) is 14.9. The molecule has 0 saturated heterocycles. The van der Waals surface area contributed by atoms with Gasteiger partial charge in [0.1, 0.15) is 11.6 Å². The second-order valence-corrected chi connectivity index (χ2v) is 6.11. The lowest BCUT2D eigenvalue weighted by atomic mass is 10.1. The van der Waals surface area contributed by atoms with Crippen molar-refractivity contribution in [2.45, 2.75) is 19.3 Å². The number of rotatable bonds is 8. The second-order valence-electron chi connectivity index (χ2n) is 6.11. The van der Waals surface area contributed by atoms with Crippen molar-refractivity contribution < 1.29 is 9.18 Å². The first-order valence-corrected chi connectivity index (χ1v) is 8.85. The van der Waals surface area contributed by atoms with Crippen molar-refractivity contribution in [2.75, 3.05) is 17.2 Å². The molecule has 0 saturated carbocycles. The number of hydrogen-bond donors (Lipinski definition) is 2. The summed E-state index contributed by atoms with van der Waals surface area (Å²) < 4.78 is 13.6. The Morgan fingerprint density at radius 1 is 0.852 bits per heavy atom. The van der Waals surface area contributed by atoms with E-state index in [2.05, 4.69) is 20.8 Å². The summed E-state index contributed by atoms with van der Waals surface area (Å²) in [6.45, 7) is 0.540. The van der Waals surface area contributed by atoms with Gasteiger partial charge < -0.3 is 10.6 Å². The van der Waals surface area contributed by atoms with Crippen LogP contribution in [0.1, 0.15) is 17.5 Å². The van der Waals surface area contributed by atoms with Crippen molar-refractivity contribution >= 4 is 17.5 Å². The molecule has 138 valence electrons. The maximum Gasteiger partial charge on any atom is 0.225 e. The van der Waals surface area contributed by atoms with E-state index in [-0.39, 0.29) is 11.7 Å². The van der Waals surface area contributed by atoms with Gasteiger partial charge in [0.15, 0.2) is 5.82 Å². The van der Waals surface area contributed by atoms with E-state index in [0.29, 0.717) is 43.0 Å². The highest BCUT2D eigenvalue weighted by atomic mass is 19.1. The first kappa shape index (κ1) is 18.5. The predicted octanol–water partition coefficient (Wildman–Crippen LogP) is 3.84. The van der Waals surface area contributed by atoms with Gasteiger partial charge in [-0.3, -0.25) is 4.79 Å². The largest absolute Gasteiger partial charge is 0.368 e. The van der Waals surface area contributed by atoms with Gasteiger partial charge in [0.2, 0.25) is 5.91 Å². The maximum atomic E-state index is 13.6. The molecule has 3 rings (SSSR count). The number of anilines is 2. The van der Waals surface area contributed by atoms with Crippen LogP contribution in [-0.2, 0) is 17.6 Å². The summed E-state index contributed by atoms with van der Waals surface area (Å²) >= 11 is 0. The fourth-order valence-corrected chi connectivity index (χ4v) is 2.63. The first-order valence-electron chi connectivity index (χ1n) is 8.85. The van der Waals surface area contributed by atoms with Crippen molar-refractivity contribution in [3.05, 3.63) is 83.7 Å². The lowest BCUT2D eigenvalue weighted by Gasteiger charge is -2.07. The average Bonchev–Trinajstić information content (AvgIpc) is 2.70. The molecule has 0 fully saturated rings. The number of carbonyl (C=O) groups is 1. The molecule has 0 bridgehead atoms. The molecule has 5 nitrogen and oxygen atoms in total. The van der Waals surface area contributed by atoms with Crippen LogP contribution >= 0.6 is 0 Å². The Labute approximate surface area is 157 Å². The normalized spacial score (nSPS) is 10.4. The number of hydrogen-bond acceptors (Lipinski definition) is 4. The molecular formula is C21H21FN4O. The molecule has 6 heteroatoms. The molecule has 1 heterocycles. The summed E-state index contributed by atoms with van der Waals surface area (Å²) in [7, 11) is 0. The van der Waals surface area contributed by atoms with Crippen molar-refractivity contribution in [3.63, 3.8) is 0 Å². The lowest BCUT2D eigenvalue weighted by molar-refractivity contribution is -0.116. The molecular weight excluding hydrogens is 343 g/mol. The molecule has 0 radical (unpaired) electrons. The van der Waals surface area contributed by atoms with Crippen molar-refractivity contribution in [1.82, 2.24) is 10.2 Å². The summed E-state index contributed by atoms with van der Waals surface area (Å²) in [5, 5.41) is 13.9. The molecule has 0 aliphatic carbocycles. The van der Waals surface area contributed by atoms with E-state index in [4.69, 9.17) is 0 Å². The van der Waals surface area contributed by atoms with Gasteiger partial charge in [-0.05, 0) is 42.2 Å². The van der Waals surface area contributed by atoms with Gasteiger partial charge in [-0.15, -0.1) is 10.2 Å². The molecule has 1 aromatic heterocycles. The number of aromatic nitrogens is 2. The van der Waals surface area contributed by atoms with E-state index >= 15 is 0 Å². The fourth-order valence-electron chi connectivity index (χ4n) is 2.63. The van der Waals surface area contributed by atoms with Crippen LogP contribution in [-0.4, -0.2) is 22.6 Å². The van der Waals surface area contributed by atoms with Crippen LogP contribution in [0.25, 0.3) is 0 Å². The van der Waals surface area contributed by atoms with Crippen LogP contribution in [0.4, 0.5) is 16.0 Å². The SMILES string of the molecule is O=C(CCc1ccccc1)Nc1ccc(NCCc2ccccc2F)nn1. The van der Waals surface area contributed by atoms with E-state index in [1.165, 1.54) is 6.07 Å². The first-order chi connectivity index (χ1) is 13.2. The van der Waals surface area contributed by atoms with E-state index in [1.54, 1.807) is 24.3 Å². The number of halogens is 1. The third-order valence-electron chi connectivity index (χ3n) is 4.07. The number of nitrogens with one attached hydrogen (secondary N) is 2. The molecule has 1 amide bonds. The van der Waals surface area contributed by atoms with Crippen LogP contribution in [0.2, 0.25) is 0 Å². The molecule has 27 heavy (non-hydrogen) atoms. The minimum atomic E-state index is -0.209. The summed E-state index contributed by atoms with van der Waals surface area (Å²) in [5.74, 6) is 0.675. The maximum absolute atomic E-state index is 13.6. The molecule has 0 unspecified atom stereocenters. The number of benzene rings is 2. The Hall–Kier alpha value is -3.28. The van der Waals surface area contributed by atoms with Gasteiger partial charge in [0, 0.05) is 13.0 Å². The Bertz CT molecular complexity index is 869. The van der Waals surface area contributed by atoms with Crippen LogP contribution in [0.3, 0.4) is 0 Å². The lowest BCUT2D eigenvalue weighted by Crippen LogP contribution is -2.14. The van der Waals surface area contributed by atoms with Crippen molar-refractivity contribution in [3.8, 4) is 0 Å². The highest BCUT2D eigenvalue weighted by molar-refractivity contribution is 5.89. The second kappa shape index (κ2) is 9.43. The Balaban J connectivity index is 1.43. The molecule has 0 aliphatic rings. The Morgan fingerprint density at radius 2 is 1.56 bits per heavy atom. The summed E-state index contributed by atoms with van der Waals surface area (Å²) in [5.41, 5.74) is 1.77. The fraction of sp³-hybridized carbons (Fsp3) is 0.190. The van der Waals surface area contributed by atoms with Gasteiger partial charge in [0.05, 0.1) is 0 Å². The standard InChI is InChI=1S/C21H21FN4O/c22-18-9-5-4-8-17(18)14-15-23-19-11-12-20(26-25-19)24-21(27)13-10-16-6-2-1-3-7-16/h1-9,11-12H,10,13-15H2,(H,23,25)(H,24,26,27). The van der Waals surface area contributed by atoms with Crippen LogP contribution < -0.4 is 10.6 Å². The van der Waals surface area contributed by atoms with Gasteiger partial charge in [-0.1, -0.05) is 48.5 Å². The third-order valence-corrected chi connectivity index (χ3v) is 4.07. The molecule has 0 spiro atoms. The van der Waals surface area contributed by atoms with Crippen molar-refractivity contribution in [2.24, 2.45) is 0 Å². The summed E-state index contributed by atoms with van der Waals surface area (Å²) in [6, 6.07) is 20.0. The van der Waals surface area contributed by atoms with E-state index in [1.807, 2.05) is 36.4 Å². The molecule has 2 aromatic carbocycles.